The Morgan fingerprint density at radius 2 is 1.96 bits per heavy atom. The van der Waals surface area contributed by atoms with Crippen molar-refractivity contribution >= 4 is 5.70 Å². The molecule has 0 spiro atoms. The molecule has 6 nitrogen and oxygen atoms in total. The van der Waals surface area contributed by atoms with Crippen LogP contribution in [0.3, 0.4) is 0 Å². The van der Waals surface area contributed by atoms with Gasteiger partial charge in [-0.1, -0.05) is 6.58 Å². The highest BCUT2D eigenvalue weighted by Gasteiger charge is 2.12. The summed E-state index contributed by atoms with van der Waals surface area (Å²) in [5, 5.41) is 3.31. The molecule has 0 radical (unpaired) electrons. The molecular weight excluding hydrogens is 296 g/mol. The van der Waals surface area contributed by atoms with Gasteiger partial charge in [-0.3, -0.25) is 10.3 Å². The molecule has 0 aliphatic carbocycles. The minimum absolute atomic E-state index is 0.235. The summed E-state index contributed by atoms with van der Waals surface area (Å²) in [6.45, 7) is 7.32. The Labute approximate surface area is 137 Å². The molecule has 1 saturated heterocycles. The van der Waals surface area contributed by atoms with Crippen LogP contribution in [-0.4, -0.2) is 46.3 Å². The average Bonchev–Trinajstić information content (AvgIpc) is 2.61. The third kappa shape index (κ3) is 6.58. The molecule has 23 heavy (non-hydrogen) atoms. The van der Waals surface area contributed by atoms with E-state index >= 15 is 0 Å². The summed E-state index contributed by atoms with van der Waals surface area (Å²) in [4.78, 5) is 5.39. The number of nitrogens with one attached hydrogen (secondary N) is 2. The number of rotatable bonds is 10. The Bertz CT molecular complexity index is 458. The van der Waals surface area contributed by atoms with Crippen molar-refractivity contribution in [3.8, 4) is 5.75 Å². The van der Waals surface area contributed by atoms with Gasteiger partial charge in [0, 0.05) is 7.11 Å². The number of hydrogen-bond donors (Lipinski definition) is 2. The highest BCUT2D eigenvalue weighted by Crippen LogP contribution is 2.16. The van der Waals surface area contributed by atoms with Crippen molar-refractivity contribution in [2.75, 3.05) is 40.2 Å². The molecule has 2 N–H and O–H groups in total. The van der Waals surface area contributed by atoms with Gasteiger partial charge in [-0.15, -0.1) is 0 Å². The number of piperidine rings is 1. The van der Waals surface area contributed by atoms with Crippen molar-refractivity contribution in [1.29, 1.82) is 0 Å². The van der Waals surface area contributed by atoms with Crippen molar-refractivity contribution in [2.45, 2.75) is 18.9 Å². The Balaban J connectivity index is 1.60. The first-order valence-electron chi connectivity index (χ1n) is 7.91. The first-order valence-corrected chi connectivity index (χ1v) is 7.91. The van der Waals surface area contributed by atoms with Crippen molar-refractivity contribution in [3.63, 3.8) is 0 Å². The minimum atomic E-state index is 0.235. The molecule has 1 aliphatic rings. The predicted molar refractivity (Wildman–Crippen MR) is 88.9 cm³/mol. The van der Waals surface area contributed by atoms with Crippen LogP contribution in [0.5, 0.6) is 5.75 Å². The molecule has 0 amide bonds. The summed E-state index contributed by atoms with van der Waals surface area (Å²) < 4.78 is 16.0. The lowest BCUT2D eigenvalue weighted by atomic mass is 10.1. The van der Waals surface area contributed by atoms with Gasteiger partial charge in [0.15, 0.2) is 6.79 Å². The molecule has 0 unspecified atom stereocenters. The number of benzene rings is 1. The maximum atomic E-state index is 5.76. The largest absolute Gasteiger partial charge is 0.468 e. The van der Waals surface area contributed by atoms with Gasteiger partial charge in [-0.2, -0.15) is 0 Å². The van der Waals surface area contributed by atoms with E-state index in [1.807, 2.05) is 24.3 Å². The fraction of sp³-hybridized carbons (Fsp3) is 0.529. The van der Waals surface area contributed by atoms with E-state index in [1.54, 1.807) is 7.11 Å². The zero-order valence-corrected chi connectivity index (χ0v) is 13.7. The molecule has 1 aromatic carbocycles. The van der Waals surface area contributed by atoms with Crippen LogP contribution in [-0.2, 0) is 14.3 Å². The molecule has 0 aromatic heterocycles. The summed E-state index contributed by atoms with van der Waals surface area (Å²) in [5.74, 6) is 0.750. The van der Waals surface area contributed by atoms with Crippen LogP contribution < -0.4 is 15.5 Å². The molecule has 2 rings (SSSR count). The lowest BCUT2D eigenvalue weighted by Gasteiger charge is -2.22. The van der Waals surface area contributed by atoms with Gasteiger partial charge in [-0.25, -0.2) is 0 Å². The second-order valence-electron chi connectivity index (χ2n) is 5.32. The summed E-state index contributed by atoms with van der Waals surface area (Å²) >= 11 is 0. The average molecular weight is 322 g/mol. The molecule has 1 fully saturated rings. The Morgan fingerprint density at radius 1 is 1.22 bits per heavy atom. The maximum Gasteiger partial charge on any atom is 0.188 e. The van der Waals surface area contributed by atoms with Gasteiger partial charge < -0.3 is 19.5 Å². The van der Waals surface area contributed by atoms with Crippen molar-refractivity contribution in [2.24, 2.45) is 0 Å². The highest BCUT2D eigenvalue weighted by molar-refractivity contribution is 5.61. The van der Waals surface area contributed by atoms with Crippen molar-refractivity contribution in [3.05, 3.63) is 36.4 Å². The van der Waals surface area contributed by atoms with E-state index in [9.17, 15) is 0 Å². The van der Waals surface area contributed by atoms with Gasteiger partial charge in [-0.05, 0) is 55.8 Å². The predicted octanol–water partition coefficient (Wildman–Crippen LogP) is 1.93. The SMILES string of the molecule is C=C(NOCCOC1CCNCC1)c1ccc(OCOC)cc1. The van der Waals surface area contributed by atoms with Crippen LogP contribution >= 0.6 is 0 Å². The summed E-state index contributed by atoms with van der Waals surface area (Å²) in [6, 6.07) is 7.55. The minimum Gasteiger partial charge on any atom is -0.468 e. The molecule has 1 aliphatic heterocycles. The number of methoxy groups -OCH3 is 1. The molecular formula is C17H26N2O4. The van der Waals surface area contributed by atoms with Crippen LogP contribution in [0.1, 0.15) is 18.4 Å². The topological polar surface area (TPSA) is 61.0 Å². The van der Waals surface area contributed by atoms with Crippen LogP contribution in [0, 0.1) is 0 Å². The molecule has 1 heterocycles. The first-order chi connectivity index (χ1) is 11.3. The summed E-state index contributed by atoms with van der Waals surface area (Å²) in [7, 11) is 1.59. The first kappa shape index (κ1) is 17.7. The Kier molecular flexibility index (Phi) is 7.89. The lowest BCUT2D eigenvalue weighted by molar-refractivity contribution is -0.0231. The zero-order valence-electron chi connectivity index (χ0n) is 13.7. The van der Waals surface area contributed by atoms with Crippen LogP contribution in [0.4, 0.5) is 0 Å². The van der Waals surface area contributed by atoms with Crippen LogP contribution in [0.25, 0.3) is 5.70 Å². The normalized spacial score (nSPS) is 15.3. The summed E-state index contributed by atoms with van der Waals surface area (Å²) in [5.41, 5.74) is 4.49. The fourth-order valence-corrected chi connectivity index (χ4v) is 2.29. The molecule has 1 aromatic rings. The third-order valence-corrected chi connectivity index (χ3v) is 3.57. The van der Waals surface area contributed by atoms with Gasteiger partial charge >= 0.3 is 0 Å². The standard InChI is InChI=1S/C17H26N2O4/c1-14(15-3-5-16(6-4-15)22-13-20-2)19-23-12-11-21-17-7-9-18-10-8-17/h3-6,17-19H,1,7-13H2,2H3. The lowest BCUT2D eigenvalue weighted by Crippen LogP contribution is -2.33. The second kappa shape index (κ2) is 10.2. The van der Waals surface area contributed by atoms with E-state index in [4.69, 9.17) is 19.0 Å². The Hall–Kier alpha value is -1.60. The quantitative estimate of drug-likeness (QED) is 0.390. The second-order valence-corrected chi connectivity index (χ2v) is 5.32. The molecule has 6 heteroatoms. The van der Waals surface area contributed by atoms with Gasteiger partial charge in [0.2, 0.25) is 0 Å². The molecule has 0 bridgehead atoms. The smallest absolute Gasteiger partial charge is 0.188 e. The van der Waals surface area contributed by atoms with E-state index in [1.165, 1.54) is 0 Å². The Morgan fingerprint density at radius 3 is 2.65 bits per heavy atom. The third-order valence-electron chi connectivity index (χ3n) is 3.57. The molecule has 0 saturated carbocycles. The van der Waals surface area contributed by atoms with Crippen molar-refractivity contribution in [1.82, 2.24) is 10.8 Å². The van der Waals surface area contributed by atoms with Gasteiger partial charge in [0.05, 0.1) is 25.0 Å². The molecule has 0 atom stereocenters. The van der Waals surface area contributed by atoms with Crippen LogP contribution in [0.2, 0.25) is 0 Å². The van der Waals surface area contributed by atoms with E-state index < -0.39 is 0 Å². The zero-order chi connectivity index (χ0) is 16.3. The fourth-order valence-electron chi connectivity index (χ4n) is 2.29. The van der Waals surface area contributed by atoms with E-state index in [2.05, 4.69) is 17.4 Å². The number of hydroxylamine groups is 1. The number of hydrogen-bond acceptors (Lipinski definition) is 6. The van der Waals surface area contributed by atoms with E-state index in [0.29, 0.717) is 25.0 Å². The number of ether oxygens (including phenoxy) is 3. The summed E-state index contributed by atoms with van der Waals surface area (Å²) in [6.07, 6.45) is 2.48. The van der Waals surface area contributed by atoms with Crippen molar-refractivity contribution < 1.29 is 19.0 Å². The van der Waals surface area contributed by atoms with E-state index in [0.717, 1.165) is 37.2 Å². The highest BCUT2D eigenvalue weighted by atomic mass is 16.7. The maximum absolute atomic E-state index is 5.76. The van der Waals surface area contributed by atoms with E-state index in [-0.39, 0.29) is 6.79 Å². The monoisotopic (exact) mass is 322 g/mol. The molecule has 128 valence electrons. The van der Waals surface area contributed by atoms with Gasteiger partial charge in [0.25, 0.3) is 0 Å². The van der Waals surface area contributed by atoms with Crippen LogP contribution in [0.15, 0.2) is 30.8 Å². The van der Waals surface area contributed by atoms with Gasteiger partial charge in [0.1, 0.15) is 5.75 Å².